The maximum Gasteiger partial charge on any atom is 0.102 e. The Bertz CT molecular complexity index is 980. The van der Waals surface area contributed by atoms with Gasteiger partial charge in [0.15, 0.2) is 0 Å². The summed E-state index contributed by atoms with van der Waals surface area (Å²) in [5.74, 6) is 0. The lowest BCUT2D eigenvalue weighted by atomic mass is 9.73. The molecule has 2 aromatic carbocycles. The van der Waals surface area contributed by atoms with Crippen LogP contribution in [0.2, 0.25) is 0 Å². The molecule has 5 heteroatoms. The SMILES string of the molecule is CCCCCCCN(C)C1C(OCc2ccccc2)CC(OCc2ccccc2)C1OCC(C)(O)C(C)(C)CCCC. The lowest BCUT2D eigenvalue weighted by molar-refractivity contribution is -0.158. The molecule has 5 nitrogen and oxygen atoms in total. The molecular formula is C37H59NO4. The van der Waals surface area contributed by atoms with Crippen LogP contribution in [0.1, 0.15) is 104 Å². The standard InChI is InChI=1S/C37H59NO4/c1-7-9-11-12-19-25-38(6)34-32(40-27-30-20-15-13-16-21-30)26-33(41-28-31-22-17-14-18-23-31)35(34)42-29-37(5,39)36(3,4)24-10-8-2/h13-18,20-23,32-35,39H,7-12,19,24-29H2,1-6H3. The van der Waals surface area contributed by atoms with E-state index in [0.29, 0.717) is 13.2 Å². The number of unbranched alkanes of at least 4 members (excludes halogenated alkanes) is 5. The molecule has 1 saturated carbocycles. The molecule has 42 heavy (non-hydrogen) atoms. The highest BCUT2D eigenvalue weighted by atomic mass is 16.6. The topological polar surface area (TPSA) is 51.2 Å². The van der Waals surface area contributed by atoms with Crippen LogP contribution in [0.15, 0.2) is 60.7 Å². The molecule has 5 unspecified atom stereocenters. The smallest absolute Gasteiger partial charge is 0.102 e. The predicted octanol–water partition coefficient (Wildman–Crippen LogP) is 8.18. The van der Waals surface area contributed by atoms with Gasteiger partial charge in [-0.2, -0.15) is 0 Å². The molecule has 0 heterocycles. The van der Waals surface area contributed by atoms with Crippen LogP contribution < -0.4 is 0 Å². The molecule has 3 rings (SSSR count). The highest BCUT2D eigenvalue weighted by Gasteiger charge is 2.49. The van der Waals surface area contributed by atoms with Gasteiger partial charge >= 0.3 is 0 Å². The van der Waals surface area contributed by atoms with Gasteiger partial charge in [-0.3, -0.25) is 4.90 Å². The summed E-state index contributed by atoms with van der Waals surface area (Å²) < 4.78 is 20.1. The van der Waals surface area contributed by atoms with Gasteiger partial charge in [0.25, 0.3) is 0 Å². The number of hydrogen-bond donors (Lipinski definition) is 1. The lowest BCUT2D eigenvalue weighted by Crippen LogP contribution is -2.52. The predicted molar refractivity (Wildman–Crippen MR) is 174 cm³/mol. The van der Waals surface area contributed by atoms with Crippen LogP contribution in [0.25, 0.3) is 0 Å². The molecular weight excluding hydrogens is 522 g/mol. The molecule has 1 N–H and O–H groups in total. The number of likely N-dealkylation sites (N-methyl/N-ethyl adjacent to an activating group) is 1. The van der Waals surface area contributed by atoms with Crippen LogP contribution in [0.5, 0.6) is 0 Å². The molecule has 0 aliphatic heterocycles. The minimum Gasteiger partial charge on any atom is -0.387 e. The maximum atomic E-state index is 11.7. The summed E-state index contributed by atoms with van der Waals surface area (Å²) in [6, 6.07) is 20.8. The van der Waals surface area contributed by atoms with E-state index in [1.54, 1.807) is 0 Å². The molecule has 0 bridgehead atoms. The highest BCUT2D eigenvalue weighted by Crippen LogP contribution is 2.39. The summed E-state index contributed by atoms with van der Waals surface area (Å²) in [4.78, 5) is 2.44. The zero-order valence-electron chi connectivity index (χ0n) is 27.4. The van der Waals surface area contributed by atoms with E-state index < -0.39 is 5.60 Å². The third-order valence-electron chi connectivity index (χ3n) is 9.46. The van der Waals surface area contributed by atoms with Crippen molar-refractivity contribution in [2.24, 2.45) is 5.41 Å². The van der Waals surface area contributed by atoms with Crippen molar-refractivity contribution < 1.29 is 19.3 Å². The quantitative estimate of drug-likeness (QED) is 0.160. The zero-order valence-corrected chi connectivity index (χ0v) is 27.4. The molecule has 0 aromatic heterocycles. The minimum absolute atomic E-state index is 0.0327. The van der Waals surface area contributed by atoms with Crippen LogP contribution in [0, 0.1) is 5.41 Å². The van der Waals surface area contributed by atoms with Gasteiger partial charge in [0.2, 0.25) is 0 Å². The van der Waals surface area contributed by atoms with E-state index in [-0.39, 0.29) is 36.4 Å². The summed E-state index contributed by atoms with van der Waals surface area (Å²) in [6.45, 7) is 13.1. The fraction of sp³-hybridized carbons (Fsp3) is 0.676. The van der Waals surface area contributed by atoms with Gasteiger partial charge in [0, 0.05) is 6.42 Å². The van der Waals surface area contributed by atoms with E-state index in [1.807, 2.05) is 19.1 Å². The second-order valence-electron chi connectivity index (χ2n) is 13.3. The van der Waals surface area contributed by atoms with Crippen LogP contribution >= 0.6 is 0 Å². The largest absolute Gasteiger partial charge is 0.387 e. The second-order valence-corrected chi connectivity index (χ2v) is 13.3. The van der Waals surface area contributed by atoms with Crippen molar-refractivity contribution in [1.82, 2.24) is 4.90 Å². The summed E-state index contributed by atoms with van der Waals surface area (Å²) in [7, 11) is 2.21. The number of benzene rings is 2. The molecule has 2 aromatic rings. The van der Waals surface area contributed by atoms with Gasteiger partial charge < -0.3 is 19.3 Å². The molecule has 1 aliphatic carbocycles. The molecule has 1 fully saturated rings. The Morgan fingerprint density at radius 2 is 1.29 bits per heavy atom. The van der Waals surface area contributed by atoms with E-state index in [9.17, 15) is 5.11 Å². The van der Waals surface area contributed by atoms with Crippen molar-refractivity contribution in [3.05, 3.63) is 71.8 Å². The number of hydrogen-bond acceptors (Lipinski definition) is 5. The Hall–Kier alpha value is -1.76. The van der Waals surface area contributed by atoms with Gasteiger partial charge in [0.05, 0.1) is 43.7 Å². The first-order chi connectivity index (χ1) is 20.2. The Morgan fingerprint density at radius 1 is 0.738 bits per heavy atom. The first kappa shape index (κ1) is 34.7. The third-order valence-corrected chi connectivity index (χ3v) is 9.46. The molecule has 236 valence electrons. The van der Waals surface area contributed by atoms with Crippen molar-refractivity contribution in [2.75, 3.05) is 20.2 Å². The van der Waals surface area contributed by atoms with E-state index in [4.69, 9.17) is 14.2 Å². The Kier molecular flexibility index (Phi) is 14.5. The Balaban J connectivity index is 1.81. The van der Waals surface area contributed by atoms with Crippen LogP contribution in [0.4, 0.5) is 0 Å². The Morgan fingerprint density at radius 3 is 1.86 bits per heavy atom. The first-order valence-corrected chi connectivity index (χ1v) is 16.5. The zero-order chi connectivity index (χ0) is 30.4. The average molecular weight is 582 g/mol. The summed E-state index contributed by atoms with van der Waals surface area (Å²) >= 11 is 0. The Labute approximate surface area is 257 Å². The highest BCUT2D eigenvalue weighted by molar-refractivity contribution is 5.15. The van der Waals surface area contributed by atoms with E-state index in [2.05, 4.69) is 88.2 Å². The molecule has 0 radical (unpaired) electrons. The van der Waals surface area contributed by atoms with Gasteiger partial charge in [-0.25, -0.2) is 0 Å². The first-order valence-electron chi connectivity index (χ1n) is 16.5. The number of nitrogens with zero attached hydrogens (tertiary/aromatic N) is 1. The fourth-order valence-corrected chi connectivity index (χ4v) is 6.01. The summed E-state index contributed by atoms with van der Waals surface area (Å²) in [6.07, 6.45) is 9.77. The third kappa shape index (κ3) is 10.4. The maximum absolute atomic E-state index is 11.7. The van der Waals surface area contributed by atoms with Crippen LogP contribution in [-0.2, 0) is 27.4 Å². The van der Waals surface area contributed by atoms with Crippen molar-refractivity contribution in [3.8, 4) is 0 Å². The van der Waals surface area contributed by atoms with Gasteiger partial charge in [-0.15, -0.1) is 0 Å². The lowest BCUT2D eigenvalue weighted by Gasteiger charge is -2.42. The fourth-order valence-electron chi connectivity index (χ4n) is 6.01. The van der Waals surface area contributed by atoms with Crippen LogP contribution in [0.3, 0.4) is 0 Å². The summed E-state index contributed by atoms with van der Waals surface area (Å²) in [5, 5.41) is 11.7. The van der Waals surface area contributed by atoms with E-state index in [1.165, 1.54) is 31.2 Å². The van der Waals surface area contributed by atoms with Gasteiger partial charge in [-0.05, 0) is 49.9 Å². The van der Waals surface area contributed by atoms with Gasteiger partial charge in [0.1, 0.15) is 6.10 Å². The van der Waals surface area contributed by atoms with Crippen molar-refractivity contribution >= 4 is 0 Å². The molecule has 0 saturated heterocycles. The average Bonchev–Trinajstić information content (AvgIpc) is 3.35. The van der Waals surface area contributed by atoms with E-state index >= 15 is 0 Å². The molecule has 1 aliphatic rings. The summed E-state index contributed by atoms with van der Waals surface area (Å²) in [5.41, 5.74) is 1.10. The number of ether oxygens (including phenoxy) is 3. The van der Waals surface area contributed by atoms with Crippen LogP contribution in [-0.4, -0.2) is 60.2 Å². The molecule has 0 spiro atoms. The van der Waals surface area contributed by atoms with Gasteiger partial charge in [-0.1, -0.05) is 127 Å². The second kappa shape index (κ2) is 17.5. The van der Waals surface area contributed by atoms with Crippen molar-refractivity contribution in [1.29, 1.82) is 0 Å². The van der Waals surface area contributed by atoms with E-state index in [0.717, 1.165) is 44.2 Å². The monoisotopic (exact) mass is 581 g/mol. The van der Waals surface area contributed by atoms with Crippen molar-refractivity contribution in [2.45, 2.75) is 136 Å². The molecule has 5 atom stereocenters. The van der Waals surface area contributed by atoms with Crippen molar-refractivity contribution in [3.63, 3.8) is 0 Å². The normalized spacial score (nSPS) is 22.5. The molecule has 0 amide bonds. The number of aliphatic hydroxyl groups is 1. The number of rotatable bonds is 20. The minimum atomic E-state index is -0.960.